The van der Waals surface area contributed by atoms with E-state index >= 15 is 0 Å². The molecule has 0 aromatic carbocycles. The van der Waals surface area contributed by atoms with Gasteiger partial charge in [0.2, 0.25) is 0 Å². The summed E-state index contributed by atoms with van der Waals surface area (Å²) in [6.07, 6.45) is 8.83. The van der Waals surface area contributed by atoms with Crippen LogP contribution in [0.2, 0.25) is 0 Å². The molecule has 1 aliphatic carbocycles. The molecule has 1 saturated carbocycles. The van der Waals surface area contributed by atoms with Crippen LogP contribution in [0.15, 0.2) is 0 Å². The Labute approximate surface area is 90.0 Å². The van der Waals surface area contributed by atoms with Crippen molar-refractivity contribution in [2.75, 3.05) is 0 Å². The minimum atomic E-state index is 0. The largest absolute Gasteiger partial charge is 0.333 e. The van der Waals surface area contributed by atoms with E-state index in [1.54, 1.807) is 0 Å². The fourth-order valence-corrected chi connectivity index (χ4v) is 1.38. The third kappa shape index (κ3) is 3.48. The molecule has 0 aromatic heterocycles. The van der Waals surface area contributed by atoms with E-state index in [9.17, 15) is 0 Å². The van der Waals surface area contributed by atoms with Gasteiger partial charge in [-0.05, 0) is 0 Å². The monoisotopic (exact) mass is 213 g/mol. The first-order chi connectivity index (χ1) is 4.30. The first-order valence-electron chi connectivity index (χ1n) is 3.95. The normalized spacial score (nSPS) is 26.1. The van der Waals surface area contributed by atoms with Crippen LogP contribution in [0, 0.1) is 24.7 Å². The molecule has 57 valence electrons. The predicted molar refractivity (Wildman–Crippen MR) is 40.8 cm³/mol. The van der Waals surface area contributed by atoms with Gasteiger partial charge in [0, 0.05) is 32.7 Å². The molecule has 0 N–H and O–H groups in total. The van der Waals surface area contributed by atoms with Crippen molar-refractivity contribution in [3.8, 4) is 0 Å². The van der Waals surface area contributed by atoms with E-state index in [4.69, 9.17) is 0 Å². The van der Waals surface area contributed by atoms with Gasteiger partial charge in [0.1, 0.15) is 0 Å². The topological polar surface area (TPSA) is 0 Å². The van der Waals surface area contributed by atoms with Gasteiger partial charge in [0.15, 0.2) is 0 Å². The maximum Gasteiger partial charge on any atom is 0 e. The van der Waals surface area contributed by atoms with E-state index in [1.165, 1.54) is 19.3 Å². The Balaban J connectivity index is 0.000000810. The maximum absolute atomic E-state index is 2.48. The van der Waals surface area contributed by atoms with Gasteiger partial charge >= 0.3 is 0 Å². The fraction of sp³-hybridized carbons (Fsp3) is 0.778. The second-order valence-corrected chi connectivity index (χ2v) is 3.25. The molecule has 1 unspecified atom stereocenters. The minimum Gasteiger partial charge on any atom is -0.333 e. The second-order valence-electron chi connectivity index (χ2n) is 3.25. The molecular formula is C9H16Y-2. The standard InChI is InChI=1S/C9H16.Y/c1-8(2)9-6-4-3-5-7-9;/h4,7-9H,3,5-6H2,1-2H3;/q-2;. The van der Waals surface area contributed by atoms with E-state index < -0.39 is 0 Å². The number of hydrogen-bond donors (Lipinski definition) is 0. The Morgan fingerprint density at radius 1 is 1.30 bits per heavy atom. The zero-order valence-corrected chi connectivity index (χ0v) is 9.85. The van der Waals surface area contributed by atoms with Crippen molar-refractivity contribution < 1.29 is 32.7 Å². The molecular weight excluding hydrogens is 197 g/mol. The van der Waals surface area contributed by atoms with Gasteiger partial charge in [0.05, 0.1) is 0 Å². The Bertz CT molecular complexity index is 72.8. The summed E-state index contributed by atoms with van der Waals surface area (Å²) in [6.45, 7) is 4.61. The summed E-state index contributed by atoms with van der Waals surface area (Å²) in [7, 11) is 0. The summed E-state index contributed by atoms with van der Waals surface area (Å²) in [5, 5.41) is 0. The van der Waals surface area contributed by atoms with Crippen LogP contribution in [0.25, 0.3) is 0 Å². The average molecular weight is 213 g/mol. The zero-order chi connectivity index (χ0) is 6.69. The van der Waals surface area contributed by atoms with E-state index in [0.29, 0.717) is 0 Å². The first kappa shape index (κ1) is 11.1. The summed E-state index contributed by atoms with van der Waals surface area (Å²) in [5.74, 6) is 1.72. The van der Waals surface area contributed by atoms with Crippen molar-refractivity contribution in [3.05, 3.63) is 12.8 Å². The molecule has 0 saturated heterocycles. The molecule has 1 radical (unpaired) electrons. The maximum atomic E-state index is 2.48. The summed E-state index contributed by atoms with van der Waals surface area (Å²) < 4.78 is 0. The van der Waals surface area contributed by atoms with Crippen molar-refractivity contribution in [2.45, 2.75) is 33.1 Å². The van der Waals surface area contributed by atoms with Gasteiger partial charge in [-0.1, -0.05) is 19.8 Å². The molecule has 1 atom stereocenters. The summed E-state index contributed by atoms with van der Waals surface area (Å²) >= 11 is 0. The van der Waals surface area contributed by atoms with Crippen molar-refractivity contribution >= 4 is 0 Å². The Kier molecular flexibility index (Phi) is 6.35. The average Bonchev–Trinajstić information content (AvgIpc) is 1.90. The minimum absolute atomic E-state index is 0. The summed E-state index contributed by atoms with van der Waals surface area (Å²) in [5.41, 5.74) is 0. The first-order valence-corrected chi connectivity index (χ1v) is 3.95. The van der Waals surface area contributed by atoms with Crippen LogP contribution in [-0.4, -0.2) is 0 Å². The molecule has 0 heterocycles. The van der Waals surface area contributed by atoms with Crippen molar-refractivity contribution in [1.82, 2.24) is 0 Å². The van der Waals surface area contributed by atoms with Gasteiger partial charge in [-0.25, -0.2) is 19.3 Å². The van der Waals surface area contributed by atoms with Gasteiger partial charge in [-0.15, -0.1) is 0 Å². The van der Waals surface area contributed by atoms with E-state index in [1.807, 2.05) is 0 Å². The van der Waals surface area contributed by atoms with Crippen molar-refractivity contribution in [2.24, 2.45) is 11.8 Å². The van der Waals surface area contributed by atoms with E-state index in [-0.39, 0.29) is 32.7 Å². The van der Waals surface area contributed by atoms with Crippen LogP contribution >= 0.6 is 0 Å². The van der Waals surface area contributed by atoms with Crippen LogP contribution in [0.3, 0.4) is 0 Å². The molecule has 0 aromatic rings. The number of hydrogen-bond acceptors (Lipinski definition) is 0. The molecule has 1 fully saturated rings. The summed E-state index contributed by atoms with van der Waals surface area (Å²) in [4.78, 5) is 0. The van der Waals surface area contributed by atoms with Crippen LogP contribution in [0.1, 0.15) is 33.1 Å². The van der Waals surface area contributed by atoms with Crippen molar-refractivity contribution in [3.63, 3.8) is 0 Å². The fourth-order valence-electron chi connectivity index (χ4n) is 1.38. The molecule has 1 aliphatic rings. The molecule has 0 nitrogen and oxygen atoms in total. The quantitative estimate of drug-likeness (QED) is 0.587. The third-order valence-electron chi connectivity index (χ3n) is 2.14. The van der Waals surface area contributed by atoms with Crippen molar-refractivity contribution in [1.29, 1.82) is 0 Å². The molecule has 1 rings (SSSR count). The third-order valence-corrected chi connectivity index (χ3v) is 2.14. The Morgan fingerprint density at radius 2 is 2.00 bits per heavy atom. The Morgan fingerprint density at radius 3 is 2.30 bits per heavy atom. The van der Waals surface area contributed by atoms with Gasteiger partial charge in [0.25, 0.3) is 0 Å². The molecule has 0 spiro atoms. The molecule has 0 amide bonds. The molecule has 0 aliphatic heterocycles. The van der Waals surface area contributed by atoms with Crippen LogP contribution in [0.4, 0.5) is 0 Å². The van der Waals surface area contributed by atoms with Crippen LogP contribution in [0.5, 0.6) is 0 Å². The van der Waals surface area contributed by atoms with E-state index in [2.05, 4.69) is 26.7 Å². The zero-order valence-electron chi connectivity index (χ0n) is 7.01. The molecule has 0 bridgehead atoms. The summed E-state index contributed by atoms with van der Waals surface area (Å²) in [6, 6.07) is 0. The van der Waals surface area contributed by atoms with Crippen LogP contribution in [-0.2, 0) is 32.7 Å². The van der Waals surface area contributed by atoms with Gasteiger partial charge in [-0.2, -0.15) is 5.92 Å². The predicted octanol–water partition coefficient (Wildman–Crippen LogP) is 2.85. The SMILES string of the molecule is CC(C)C1[CH-]CC[CH-]C1.[Y]. The van der Waals surface area contributed by atoms with Gasteiger partial charge < -0.3 is 12.8 Å². The second kappa shape index (κ2) is 5.72. The Hall–Kier alpha value is 1.10. The number of rotatable bonds is 1. The molecule has 10 heavy (non-hydrogen) atoms. The van der Waals surface area contributed by atoms with Gasteiger partial charge in [-0.3, -0.25) is 0 Å². The van der Waals surface area contributed by atoms with E-state index in [0.717, 1.165) is 11.8 Å². The smallest absolute Gasteiger partial charge is 0 e. The van der Waals surface area contributed by atoms with Crippen LogP contribution < -0.4 is 0 Å². The molecule has 1 heteroatoms.